The van der Waals surface area contributed by atoms with Gasteiger partial charge in [0.15, 0.2) is 5.69 Å². The lowest BCUT2D eigenvalue weighted by Crippen LogP contribution is -2.43. The molecule has 4 aromatic rings. The van der Waals surface area contributed by atoms with E-state index in [1.54, 1.807) is 12.1 Å². The lowest BCUT2D eigenvalue weighted by molar-refractivity contribution is -0.139. The first-order chi connectivity index (χ1) is 21.6. The van der Waals surface area contributed by atoms with Crippen LogP contribution >= 0.6 is 23.2 Å². The van der Waals surface area contributed by atoms with Gasteiger partial charge in [0.25, 0.3) is 5.91 Å². The van der Waals surface area contributed by atoms with Crippen LogP contribution in [-0.2, 0) is 17.6 Å². The highest BCUT2D eigenvalue weighted by Gasteiger charge is 2.29. The van der Waals surface area contributed by atoms with Crippen LogP contribution in [0.2, 0.25) is 10.0 Å². The van der Waals surface area contributed by atoms with Gasteiger partial charge in [-0.15, -0.1) is 0 Å². The molecule has 5 rings (SSSR count). The van der Waals surface area contributed by atoms with Crippen molar-refractivity contribution >= 4 is 46.5 Å². The zero-order valence-corrected chi connectivity index (χ0v) is 25.5. The minimum Gasteiger partial charge on any atom is -0.493 e. The number of nitrogens with one attached hydrogen (secondary N) is 2. The number of amides is 1. The van der Waals surface area contributed by atoms with Crippen molar-refractivity contribution in [2.24, 2.45) is 0 Å². The molecule has 2 atom stereocenters. The van der Waals surface area contributed by atoms with Gasteiger partial charge in [0.05, 0.1) is 13.2 Å². The number of benzene rings is 4. The molecule has 0 radical (unpaired) electrons. The third-order valence-electron chi connectivity index (χ3n) is 7.58. The summed E-state index contributed by atoms with van der Waals surface area (Å²) in [5.41, 5.74) is 2.75. The number of fused-ring (bicyclic) bond motifs is 1. The molecule has 0 aliphatic carbocycles. The van der Waals surface area contributed by atoms with E-state index in [1.165, 1.54) is 12.1 Å². The second-order valence-electron chi connectivity index (χ2n) is 10.6. The fourth-order valence-electron chi connectivity index (χ4n) is 5.40. The second-order valence-corrected chi connectivity index (χ2v) is 11.4. The molecule has 1 heterocycles. The largest absolute Gasteiger partial charge is 0.493 e. The van der Waals surface area contributed by atoms with E-state index in [0.717, 1.165) is 17.7 Å². The lowest BCUT2D eigenvalue weighted by atomic mass is 9.90. The van der Waals surface area contributed by atoms with Gasteiger partial charge in [0.1, 0.15) is 29.0 Å². The highest BCUT2D eigenvalue weighted by Crippen LogP contribution is 2.45. The summed E-state index contributed by atoms with van der Waals surface area (Å²) in [7, 11) is 0. The predicted octanol–water partition coefficient (Wildman–Crippen LogP) is 8.41. The molecule has 230 valence electrons. The van der Waals surface area contributed by atoms with Gasteiger partial charge in [-0.3, -0.25) is 4.79 Å². The number of hydrogen-bond acceptors (Lipinski definition) is 4. The molecule has 0 unspecified atom stereocenters. The number of carboxylic acid groups (broad SMARTS) is 1. The predicted molar refractivity (Wildman–Crippen MR) is 169 cm³/mol. The smallest absolute Gasteiger partial charge is 0.326 e. The number of carboxylic acids is 1. The van der Waals surface area contributed by atoms with Gasteiger partial charge in [-0.1, -0.05) is 65.7 Å². The van der Waals surface area contributed by atoms with E-state index < -0.39 is 35.1 Å². The first-order valence-electron chi connectivity index (χ1n) is 14.1. The number of aliphatic carboxylic acids is 1. The Labute approximate surface area is 268 Å². The quantitative estimate of drug-likeness (QED) is 0.158. The number of nitrogens with zero attached hydrogens (tertiary/aromatic N) is 1. The molecule has 1 aliphatic heterocycles. The average molecular weight is 651 g/mol. The van der Waals surface area contributed by atoms with Gasteiger partial charge in [0.2, 0.25) is 0 Å². The second kappa shape index (κ2) is 13.6. The van der Waals surface area contributed by atoms with Gasteiger partial charge in [-0.05, 0) is 60.7 Å². The maximum Gasteiger partial charge on any atom is 0.326 e. The highest BCUT2D eigenvalue weighted by molar-refractivity contribution is 6.39. The topological polar surface area (TPSA) is 92.0 Å². The summed E-state index contributed by atoms with van der Waals surface area (Å²) in [5.74, 6) is -4.37. The van der Waals surface area contributed by atoms with Crippen molar-refractivity contribution in [3.63, 3.8) is 0 Å². The van der Waals surface area contributed by atoms with Crippen LogP contribution in [0, 0.1) is 18.2 Å². The normalized spacial score (nSPS) is 13.5. The summed E-state index contributed by atoms with van der Waals surface area (Å²) >= 11 is 13.0. The van der Waals surface area contributed by atoms with Crippen LogP contribution in [-0.4, -0.2) is 29.6 Å². The van der Waals surface area contributed by atoms with Crippen LogP contribution in [0.25, 0.3) is 16.0 Å². The Kier molecular flexibility index (Phi) is 9.57. The van der Waals surface area contributed by atoms with E-state index in [0.29, 0.717) is 47.5 Å². The van der Waals surface area contributed by atoms with Gasteiger partial charge in [-0.25, -0.2) is 18.4 Å². The molecule has 0 fully saturated rings. The minimum absolute atomic E-state index is 0.128. The van der Waals surface area contributed by atoms with Crippen LogP contribution < -0.4 is 15.4 Å². The monoisotopic (exact) mass is 649 g/mol. The van der Waals surface area contributed by atoms with Crippen molar-refractivity contribution in [3.05, 3.63) is 122 Å². The molecule has 0 saturated heterocycles. The van der Waals surface area contributed by atoms with E-state index in [1.807, 2.05) is 37.3 Å². The molecular weight excluding hydrogens is 623 g/mol. The van der Waals surface area contributed by atoms with E-state index in [-0.39, 0.29) is 33.9 Å². The van der Waals surface area contributed by atoms with Gasteiger partial charge >= 0.3 is 5.97 Å². The molecule has 4 aromatic carbocycles. The zero-order chi connectivity index (χ0) is 32.2. The molecule has 0 aromatic heterocycles. The van der Waals surface area contributed by atoms with E-state index in [9.17, 15) is 14.7 Å². The Morgan fingerprint density at radius 1 is 1.04 bits per heavy atom. The van der Waals surface area contributed by atoms with Crippen molar-refractivity contribution in [1.82, 2.24) is 5.32 Å². The SMILES string of the molecule is [C-]#[N+]c1cc(Cl)c(-c2ccc(C[C@H](NC(=O)c3c(F)cc(N[C@@H](C)c4ccccc4)cc3F)C(=O)O)c3c2OCCC3)c(Cl)c1. The van der Waals surface area contributed by atoms with Gasteiger partial charge < -0.3 is 20.5 Å². The third-order valence-corrected chi connectivity index (χ3v) is 8.18. The molecule has 11 heteroatoms. The van der Waals surface area contributed by atoms with Crippen LogP contribution in [0.4, 0.5) is 20.2 Å². The fourth-order valence-corrected chi connectivity index (χ4v) is 6.08. The molecule has 1 amide bonds. The van der Waals surface area contributed by atoms with E-state index in [4.69, 9.17) is 34.5 Å². The molecule has 1 aliphatic rings. The summed E-state index contributed by atoms with van der Waals surface area (Å²) in [6.45, 7) is 9.48. The summed E-state index contributed by atoms with van der Waals surface area (Å²) in [6, 6.07) is 15.9. The molecular formula is C34H27Cl2F2N3O4. The van der Waals surface area contributed by atoms with Crippen molar-refractivity contribution in [1.29, 1.82) is 0 Å². The van der Waals surface area contributed by atoms with Crippen LogP contribution in [0.15, 0.2) is 66.7 Å². The number of carbonyl (C=O) groups excluding carboxylic acids is 1. The minimum atomic E-state index is -1.51. The zero-order valence-electron chi connectivity index (χ0n) is 24.0. The number of halogens is 4. The Morgan fingerprint density at radius 3 is 2.33 bits per heavy atom. The number of ether oxygens (including phenoxy) is 1. The van der Waals surface area contributed by atoms with Crippen molar-refractivity contribution < 1.29 is 28.2 Å². The Morgan fingerprint density at radius 2 is 1.71 bits per heavy atom. The standard InChI is InChI=1S/C34H27Cl2F2N3O4/c1-18(19-7-4-3-5-8-19)40-22-16-27(37)31(28(38)17-22)33(42)41-29(34(43)44)13-20-10-11-24(32-23(20)9-6-12-45-32)30-25(35)14-21(39-2)15-26(30)36/h3-5,7-8,10-11,14-18,29,40H,6,9,12-13H2,1H3,(H,41,42)(H,43,44)/t18-,29-/m0/s1. The van der Waals surface area contributed by atoms with E-state index >= 15 is 8.78 Å². The third kappa shape index (κ3) is 6.88. The Hall–Kier alpha value is -4.65. The lowest BCUT2D eigenvalue weighted by Gasteiger charge is -2.25. The van der Waals surface area contributed by atoms with Crippen molar-refractivity contribution in [2.75, 3.05) is 11.9 Å². The highest BCUT2D eigenvalue weighted by atomic mass is 35.5. The molecule has 7 nitrogen and oxygen atoms in total. The fraction of sp³-hybridized carbons (Fsp3) is 0.206. The maximum absolute atomic E-state index is 15.1. The number of hydrogen-bond donors (Lipinski definition) is 3. The summed E-state index contributed by atoms with van der Waals surface area (Å²) in [5, 5.41) is 15.8. The first-order valence-corrected chi connectivity index (χ1v) is 14.8. The molecule has 3 N–H and O–H groups in total. The molecule has 0 bridgehead atoms. The number of carbonyl (C=O) groups is 2. The van der Waals surface area contributed by atoms with Crippen molar-refractivity contribution in [2.45, 2.75) is 38.3 Å². The van der Waals surface area contributed by atoms with Crippen LogP contribution in [0.1, 0.15) is 46.4 Å². The van der Waals surface area contributed by atoms with Gasteiger partial charge in [0, 0.05) is 39.3 Å². The molecule has 45 heavy (non-hydrogen) atoms. The number of rotatable bonds is 9. The van der Waals surface area contributed by atoms with Gasteiger partial charge in [-0.2, -0.15) is 0 Å². The molecule has 0 saturated carbocycles. The summed E-state index contributed by atoms with van der Waals surface area (Å²) in [6.07, 6.45) is 1.03. The number of anilines is 1. The van der Waals surface area contributed by atoms with Crippen molar-refractivity contribution in [3.8, 4) is 16.9 Å². The van der Waals surface area contributed by atoms with Crippen LogP contribution in [0.3, 0.4) is 0 Å². The maximum atomic E-state index is 15.1. The Bertz CT molecular complexity index is 1780. The molecule has 0 spiro atoms. The van der Waals surface area contributed by atoms with Crippen LogP contribution in [0.5, 0.6) is 5.75 Å². The summed E-state index contributed by atoms with van der Waals surface area (Å²) in [4.78, 5) is 28.7. The van der Waals surface area contributed by atoms with E-state index in [2.05, 4.69) is 15.5 Å². The summed E-state index contributed by atoms with van der Waals surface area (Å²) < 4.78 is 36.2. The Balaban J connectivity index is 1.39. The average Bonchev–Trinajstić information content (AvgIpc) is 3.01. The first kappa shape index (κ1) is 31.8.